The first-order valence-electron chi connectivity index (χ1n) is 5.89. The number of nitrogens with zero attached hydrogens (tertiary/aromatic N) is 3. The summed E-state index contributed by atoms with van der Waals surface area (Å²) in [7, 11) is 1.54. The van der Waals surface area contributed by atoms with Crippen LogP contribution in [0, 0.1) is 6.20 Å². The van der Waals surface area contributed by atoms with Crippen LogP contribution in [0.3, 0.4) is 0 Å². The molecule has 0 spiro atoms. The Kier molecular flexibility index (Phi) is 3.83. The summed E-state index contributed by atoms with van der Waals surface area (Å²) in [5.41, 5.74) is -0.421. The molecule has 0 fully saturated rings. The molecule has 113 valence electrons. The van der Waals surface area contributed by atoms with Gasteiger partial charge in [-0.3, -0.25) is 0 Å². The Hall–Kier alpha value is -2.00. The quantitative estimate of drug-likeness (QED) is 0.717. The second kappa shape index (κ2) is 5.65. The van der Waals surface area contributed by atoms with Gasteiger partial charge in [0.05, 0.1) is 23.9 Å². The molecule has 0 unspecified atom stereocenters. The van der Waals surface area contributed by atoms with Gasteiger partial charge in [0.1, 0.15) is 5.75 Å². The minimum atomic E-state index is -4.48. The summed E-state index contributed by atoms with van der Waals surface area (Å²) in [4.78, 5) is 12.4. The molecule has 1 radical (unpaired) electrons. The zero-order valence-electron chi connectivity index (χ0n) is 11.0. The Labute approximate surface area is 131 Å². The second-order valence-electron chi connectivity index (χ2n) is 4.06. The van der Waals surface area contributed by atoms with Gasteiger partial charge >= 0.3 is 6.18 Å². The number of methoxy groups -OCH3 is 1. The van der Waals surface area contributed by atoms with E-state index >= 15 is 0 Å². The summed E-state index contributed by atoms with van der Waals surface area (Å²) in [5, 5.41) is 2.87. The second-order valence-corrected chi connectivity index (χ2v) is 5.83. The third kappa shape index (κ3) is 2.81. The molecule has 3 aromatic heterocycles. The Morgan fingerprint density at radius 3 is 2.73 bits per heavy atom. The predicted molar refractivity (Wildman–Crippen MR) is 76.8 cm³/mol. The topological polar surface area (TPSA) is 47.9 Å². The average molecular weight is 342 g/mol. The average Bonchev–Trinajstić information content (AvgIpc) is 3.16. The van der Waals surface area contributed by atoms with E-state index in [9.17, 15) is 13.2 Å². The van der Waals surface area contributed by atoms with E-state index in [0.717, 1.165) is 21.6 Å². The molecule has 3 rings (SSSR count). The molecule has 22 heavy (non-hydrogen) atoms. The first-order chi connectivity index (χ1) is 10.5. The van der Waals surface area contributed by atoms with E-state index in [2.05, 4.69) is 21.1 Å². The molecule has 0 bridgehead atoms. The molecule has 0 N–H and O–H groups in total. The molecule has 0 aromatic carbocycles. The van der Waals surface area contributed by atoms with Crippen molar-refractivity contribution in [3.05, 3.63) is 34.8 Å². The smallest absolute Gasteiger partial charge is 0.434 e. The largest absolute Gasteiger partial charge is 0.495 e. The molecule has 0 aliphatic carbocycles. The molecule has 3 heterocycles. The monoisotopic (exact) mass is 342 g/mol. The van der Waals surface area contributed by atoms with Gasteiger partial charge in [0.25, 0.3) is 0 Å². The number of halogens is 3. The van der Waals surface area contributed by atoms with Crippen LogP contribution in [0.15, 0.2) is 22.9 Å². The molecule has 4 nitrogen and oxygen atoms in total. The molecule has 9 heteroatoms. The predicted octanol–water partition coefficient (Wildman–Crippen LogP) is 4.16. The van der Waals surface area contributed by atoms with E-state index in [4.69, 9.17) is 4.74 Å². The van der Waals surface area contributed by atoms with Gasteiger partial charge < -0.3 is 4.74 Å². The van der Waals surface area contributed by atoms with E-state index in [-0.39, 0.29) is 10.8 Å². The van der Waals surface area contributed by atoms with Crippen LogP contribution in [0.25, 0.3) is 21.4 Å². The van der Waals surface area contributed by atoms with Crippen molar-refractivity contribution in [1.82, 2.24) is 15.0 Å². The summed E-state index contributed by atoms with van der Waals surface area (Å²) in [6, 6.07) is 3.34. The molecule has 0 aliphatic rings. The van der Waals surface area contributed by atoms with Gasteiger partial charge in [-0.1, -0.05) is 0 Å². The number of aromatic nitrogens is 3. The van der Waals surface area contributed by atoms with Crippen molar-refractivity contribution in [3.8, 4) is 27.2 Å². The lowest BCUT2D eigenvalue weighted by atomic mass is 10.3. The SMILES string of the molecule is COc1ccsc1-c1c[c]nc(-c2nc(C(F)(F)F)cs2)n1. The highest BCUT2D eigenvalue weighted by Crippen LogP contribution is 2.36. The lowest BCUT2D eigenvalue weighted by Gasteiger charge is -2.03. The number of thiophene rings is 1. The van der Waals surface area contributed by atoms with Crippen molar-refractivity contribution in [3.63, 3.8) is 0 Å². The number of ether oxygens (including phenoxy) is 1. The fourth-order valence-electron chi connectivity index (χ4n) is 1.69. The van der Waals surface area contributed by atoms with E-state index in [1.807, 2.05) is 5.38 Å². The maximum absolute atomic E-state index is 12.6. The van der Waals surface area contributed by atoms with Crippen LogP contribution < -0.4 is 4.74 Å². The number of hydrogen-bond donors (Lipinski definition) is 0. The van der Waals surface area contributed by atoms with E-state index in [1.165, 1.54) is 18.4 Å². The zero-order chi connectivity index (χ0) is 15.7. The van der Waals surface area contributed by atoms with Gasteiger partial charge in [0.15, 0.2) is 16.5 Å². The standard InChI is InChI=1S/C13H7F3N3OS2/c1-20-8-3-5-21-10(8)7-2-4-17-11(18-7)12-19-9(6-22-12)13(14,15)16/h2-3,5-6H,1H3. The van der Waals surface area contributed by atoms with Crippen molar-refractivity contribution in [2.24, 2.45) is 0 Å². The molecule has 0 aliphatic heterocycles. The van der Waals surface area contributed by atoms with E-state index in [0.29, 0.717) is 11.4 Å². The van der Waals surface area contributed by atoms with Gasteiger partial charge in [-0.15, -0.1) is 22.7 Å². The van der Waals surface area contributed by atoms with Crippen molar-refractivity contribution in [1.29, 1.82) is 0 Å². The Bertz CT molecular complexity index is 798. The summed E-state index contributed by atoms with van der Waals surface area (Å²) in [6.45, 7) is 0. The number of alkyl halides is 3. The van der Waals surface area contributed by atoms with Crippen LogP contribution in [0.5, 0.6) is 5.75 Å². The maximum Gasteiger partial charge on any atom is 0.434 e. The Morgan fingerprint density at radius 1 is 1.23 bits per heavy atom. The fourth-order valence-corrected chi connectivity index (χ4v) is 3.27. The van der Waals surface area contributed by atoms with Crippen LogP contribution in [-0.2, 0) is 6.18 Å². The highest BCUT2D eigenvalue weighted by atomic mass is 32.1. The Morgan fingerprint density at radius 2 is 2.05 bits per heavy atom. The summed E-state index contributed by atoms with van der Waals surface area (Å²) < 4.78 is 43.0. The van der Waals surface area contributed by atoms with Crippen LogP contribution in [-0.4, -0.2) is 22.1 Å². The summed E-state index contributed by atoms with van der Waals surface area (Å²) in [6.07, 6.45) is -1.84. The molecular weight excluding hydrogens is 335 g/mol. The number of rotatable bonds is 3. The van der Waals surface area contributed by atoms with Crippen molar-refractivity contribution < 1.29 is 17.9 Å². The minimum Gasteiger partial charge on any atom is -0.495 e. The van der Waals surface area contributed by atoms with Crippen LogP contribution >= 0.6 is 22.7 Å². The zero-order valence-corrected chi connectivity index (χ0v) is 12.6. The van der Waals surface area contributed by atoms with E-state index in [1.54, 1.807) is 12.1 Å². The maximum atomic E-state index is 12.6. The molecule has 0 saturated carbocycles. The number of hydrogen-bond acceptors (Lipinski definition) is 6. The van der Waals surface area contributed by atoms with Gasteiger partial charge in [-0.25, -0.2) is 15.0 Å². The molecule has 0 saturated heterocycles. The first kappa shape index (κ1) is 14.9. The third-order valence-corrected chi connectivity index (χ3v) is 4.42. The first-order valence-corrected chi connectivity index (χ1v) is 7.65. The van der Waals surface area contributed by atoms with Gasteiger partial charge in [0.2, 0.25) is 0 Å². The van der Waals surface area contributed by atoms with Crippen molar-refractivity contribution in [2.45, 2.75) is 6.18 Å². The number of thiazole rings is 1. The van der Waals surface area contributed by atoms with Crippen LogP contribution in [0.2, 0.25) is 0 Å². The van der Waals surface area contributed by atoms with E-state index < -0.39 is 11.9 Å². The van der Waals surface area contributed by atoms with Gasteiger partial charge in [-0.05, 0) is 17.5 Å². The summed E-state index contributed by atoms with van der Waals surface area (Å²) in [5.74, 6) is 0.742. The third-order valence-electron chi connectivity index (χ3n) is 2.67. The lowest BCUT2D eigenvalue weighted by Crippen LogP contribution is -2.05. The molecule has 0 atom stereocenters. The minimum absolute atomic E-state index is 0.0981. The Balaban J connectivity index is 2.00. The normalized spacial score (nSPS) is 11.6. The van der Waals surface area contributed by atoms with Gasteiger partial charge in [0, 0.05) is 5.38 Å². The molecular formula is C13H7F3N3OS2. The van der Waals surface area contributed by atoms with Crippen LogP contribution in [0.1, 0.15) is 5.69 Å². The fraction of sp³-hybridized carbons (Fsp3) is 0.154. The lowest BCUT2D eigenvalue weighted by molar-refractivity contribution is -0.140. The van der Waals surface area contributed by atoms with Crippen LogP contribution in [0.4, 0.5) is 13.2 Å². The molecule has 0 amide bonds. The summed E-state index contributed by atoms with van der Waals surface area (Å²) >= 11 is 2.25. The highest BCUT2D eigenvalue weighted by Gasteiger charge is 2.34. The highest BCUT2D eigenvalue weighted by molar-refractivity contribution is 7.14. The van der Waals surface area contributed by atoms with Crippen molar-refractivity contribution >= 4 is 22.7 Å². The van der Waals surface area contributed by atoms with Gasteiger partial charge in [-0.2, -0.15) is 13.2 Å². The molecule has 3 aromatic rings. The van der Waals surface area contributed by atoms with Crippen molar-refractivity contribution in [2.75, 3.05) is 7.11 Å².